The first kappa shape index (κ1) is 22.5. The average Bonchev–Trinajstić information content (AvgIpc) is 3.46. The summed E-state index contributed by atoms with van der Waals surface area (Å²) in [5.74, 6) is 0.736. The molecule has 0 saturated heterocycles. The lowest BCUT2D eigenvalue weighted by molar-refractivity contribution is -0.120. The predicted octanol–water partition coefficient (Wildman–Crippen LogP) is 4.87. The van der Waals surface area contributed by atoms with Gasteiger partial charge in [0.15, 0.2) is 5.16 Å². The molecule has 6 nitrogen and oxygen atoms in total. The fraction of sp³-hybridized carbons (Fsp3) is 0.480. The summed E-state index contributed by atoms with van der Waals surface area (Å²) in [4.78, 5) is 33.8. The highest BCUT2D eigenvalue weighted by Gasteiger charge is 2.26. The Morgan fingerprint density at radius 1 is 1.18 bits per heavy atom. The zero-order valence-corrected chi connectivity index (χ0v) is 20.7. The zero-order valence-electron chi connectivity index (χ0n) is 19.1. The van der Waals surface area contributed by atoms with E-state index in [1.54, 1.807) is 23.0 Å². The highest BCUT2D eigenvalue weighted by Crippen LogP contribution is 2.36. The number of carbonyl (C=O) groups excluding carboxylic acids is 1. The van der Waals surface area contributed by atoms with E-state index in [-0.39, 0.29) is 22.8 Å². The van der Waals surface area contributed by atoms with Crippen molar-refractivity contribution in [2.24, 2.45) is 0 Å². The minimum Gasteiger partial charge on any atom is -0.497 e. The number of nitrogens with zero attached hydrogens (tertiary/aromatic N) is 2. The van der Waals surface area contributed by atoms with E-state index in [1.807, 2.05) is 31.2 Å². The molecular weight excluding hydrogens is 454 g/mol. The van der Waals surface area contributed by atoms with Gasteiger partial charge in [-0.3, -0.25) is 14.2 Å². The van der Waals surface area contributed by atoms with Gasteiger partial charge < -0.3 is 10.1 Å². The van der Waals surface area contributed by atoms with Crippen LogP contribution in [0.15, 0.2) is 34.2 Å². The van der Waals surface area contributed by atoms with Gasteiger partial charge >= 0.3 is 0 Å². The van der Waals surface area contributed by atoms with Gasteiger partial charge in [0.05, 0.1) is 23.4 Å². The molecule has 1 atom stereocenters. The van der Waals surface area contributed by atoms with Crippen LogP contribution >= 0.6 is 23.1 Å². The van der Waals surface area contributed by atoms with E-state index in [9.17, 15) is 9.59 Å². The van der Waals surface area contributed by atoms with Crippen LogP contribution in [-0.4, -0.2) is 33.9 Å². The highest BCUT2D eigenvalue weighted by atomic mass is 32.2. The number of nitrogens with one attached hydrogen (secondary N) is 1. The lowest BCUT2D eigenvalue weighted by Gasteiger charge is -2.18. The van der Waals surface area contributed by atoms with Crippen molar-refractivity contribution in [2.75, 3.05) is 7.11 Å². The number of aryl methyl sites for hydroxylation is 2. The number of rotatable bonds is 6. The molecule has 0 radical (unpaired) electrons. The van der Waals surface area contributed by atoms with Gasteiger partial charge in [-0.2, -0.15) is 0 Å². The van der Waals surface area contributed by atoms with E-state index in [1.165, 1.54) is 35.0 Å². The van der Waals surface area contributed by atoms with Gasteiger partial charge in [-0.15, -0.1) is 11.3 Å². The van der Waals surface area contributed by atoms with E-state index in [2.05, 4.69) is 5.32 Å². The predicted molar refractivity (Wildman–Crippen MR) is 134 cm³/mol. The lowest BCUT2D eigenvalue weighted by Crippen LogP contribution is -2.38. The van der Waals surface area contributed by atoms with Crippen molar-refractivity contribution in [3.8, 4) is 11.4 Å². The van der Waals surface area contributed by atoms with Crippen LogP contribution in [0.5, 0.6) is 5.75 Å². The quantitative estimate of drug-likeness (QED) is 0.400. The lowest BCUT2D eigenvalue weighted by atomic mass is 9.97. The molecule has 1 fully saturated rings. The van der Waals surface area contributed by atoms with Crippen LogP contribution in [-0.2, 0) is 17.6 Å². The summed E-state index contributed by atoms with van der Waals surface area (Å²) in [5, 5.41) is 4.13. The maximum absolute atomic E-state index is 13.9. The molecule has 0 aliphatic heterocycles. The van der Waals surface area contributed by atoms with Crippen LogP contribution < -0.4 is 15.6 Å². The van der Waals surface area contributed by atoms with E-state index in [0.717, 1.165) is 60.2 Å². The molecule has 2 aliphatic rings. The number of aromatic nitrogens is 2. The summed E-state index contributed by atoms with van der Waals surface area (Å²) in [7, 11) is 1.62. The molecule has 174 valence electrons. The van der Waals surface area contributed by atoms with Crippen molar-refractivity contribution in [1.29, 1.82) is 0 Å². The van der Waals surface area contributed by atoms with Crippen molar-refractivity contribution < 1.29 is 9.53 Å². The minimum absolute atomic E-state index is 0.00741. The Morgan fingerprint density at radius 2 is 1.91 bits per heavy atom. The van der Waals surface area contributed by atoms with Crippen molar-refractivity contribution in [2.45, 2.75) is 74.7 Å². The van der Waals surface area contributed by atoms with E-state index in [4.69, 9.17) is 9.72 Å². The molecule has 5 rings (SSSR count). The summed E-state index contributed by atoms with van der Waals surface area (Å²) in [6.07, 6.45) is 8.65. The SMILES string of the molecule is COc1ccc(-n2c(S[C@H](C)C(=O)NC3CCCC3)nc3sc4c(c3c2=O)CCCC4)cc1. The second-order valence-corrected chi connectivity index (χ2v) is 11.3. The largest absolute Gasteiger partial charge is 0.497 e. The summed E-state index contributed by atoms with van der Waals surface area (Å²) < 4.78 is 6.97. The number of fused-ring (bicyclic) bond motifs is 3. The molecule has 2 heterocycles. The molecule has 0 unspecified atom stereocenters. The van der Waals surface area contributed by atoms with Crippen LogP contribution in [0.1, 0.15) is 55.9 Å². The molecule has 3 aromatic rings. The fourth-order valence-electron chi connectivity index (χ4n) is 4.82. The molecule has 8 heteroatoms. The Hall–Kier alpha value is -2.32. The summed E-state index contributed by atoms with van der Waals surface area (Å²) in [6, 6.07) is 7.71. The number of hydrogen-bond acceptors (Lipinski definition) is 6. The first-order valence-electron chi connectivity index (χ1n) is 11.7. The number of amides is 1. The van der Waals surface area contributed by atoms with Crippen LogP contribution in [0.25, 0.3) is 15.9 Å². The fourth-order valence-corrected chi connectivity index (χ4v) is 7.06. The maximum atomic E-state index is 13.9. The number of carbonyl (C=O) groups is 1. The van der Waals surface area contributed by atoms with Gasteiger partial charge in [-0.05, 0) is 75.3 Å². The third-order valence-corrected chi connectivity index (χ3v) is 8.88. The molecule has 1 amide bonds. The topological polar surface area (TPSA) is 73.2 Å². The highest BCUT2D eigenvalue weighted by molar-refractivity contribution is 8.00. The Bertz CT molecular complexity index is 1230. The minimum atomic E-state index is -0.353. The number of thioether (sulfide) groups is 1. The third kappa shape index (κ3) is 4.43. The second kappa shape index (κ2) is 9.50. The molecule has 33 heavy (non-hydrogen) atoms. The van der Waals surface area contributed by atoms with E-state index in [0.29, 0.717) is 5.16 Å². The number of thiophene rings is 1. The molecule has 2 aromatic heterocycles. The van der Waals surface area contributed by atoms with Crippen molar-refractivity contribution >= 4 is 39.2 Å². The second-order valence-electron chi connectivity index (χ2n) is 8.87. The van der Waals surface area contributed by atoms with Crippen LogP contribution in [0.3, 0.4) is 0 Å². The summed E-state index contributed by atoms with van der Waals surface area (Å²) in [6.45, 7) is 1.89. The van der Waals surface area contributed by atoms with Gasteiger partial charge in [0, 0.05) is 10.9 Å². The number of hydrogen-bond donors (Lipinski definition) is 1. The molecule has 2 aliphatic carbocycles. The van der Waals surface area contributed by atoms with Crippen LogP contribution in [0.2, 0.25) is 0 Å². The Balaban J connectivity index is 1.56. The standard InChI is InChI=1S/C25H29N3O3S2/c1-15(22(29)26-16-7-3-4-8-16)32-25-27-23-21(19-9-5-6-10-20(19)33-23)24(30)28(25)17-11-13-18(31-2)14-12-17/h11-16H,3-10H2,1-2H3,(H,26,29)/t15-/m1/s1. The third-order valence-electron chi connectivity index (χ3n) is 6.64. The molecule has 1 aromatic carbocycles. The average molecular weight is 484 g/mol. The van der Waals surface area contributed by atoms with Gasteiger partial charge in [-0.25, -0.2) is 4.98 Å². The normalized spacial score (nSPS) is 17.2. The Morgan fingerprint density at radius 3 is 2.64 bits per heavy atom. The van der Waals surface area contributed by atoms with Crippen molar-refractivity contribution in [1.82, 2.24) is 14.9 Å². The monoisotopic (exact) mass is 483 g/mol. The molecule has 0 bridgehead atoms. The number of methoxy groups -OCH3 is 1. The molecular formula is C25H29N3O3S2. The van der Waals surface area contributed by atoms with Gasteiger partial charge in [-0.1, -0.05) is 24.6 Å². The first-order chi connectivity index (χ1) is 16.0. The Kier molecular flexibility index (Phi) is 6.47. The van der Waals surface area contributed by atoms with Crippen LogP contribution in [0.4, 0.5) is 0 Å². The van der Waals surface area contributed by atoms with E-state index < -0.39 is 0 Å². The smallest absolute Gasteiger partial charge is 0.267 e. The van der Waals surface area contributed by atoms with Gasteiger partial charge in [0.25, 0.3) is 5.56 Å². The molecule has 0 spiro atoms. The Labute approximate surface area is 201 Å². The maximum Gasteiger partial charge on any atom is 0.267 e. The van der Waals surface area contributed by atoms with Crippen molar-refractivity contribution in [3.05, 3.63) is 45.1 Å². The molecule has 1 N–H and O–H groups in total. The van der Waals surface area contributed by atoms with Crippen molar-refractivity contribution in [3.63, 3.8) is 0 Å². The number of benzene rings is 1. The van der Waals surface area contributed by atoms with Gasteiger partial charge in [0.2, 0.25) is 5.91 Å². The van der Waals surface area contributed by atoms with E-state index >= 15 is 0 Å². The zero-order chi connectivity index (χ0) is 22.9. The summed E-state index contributed by atoms with van der Waals surface area (Å²) in [5.41, 5.74) is 1.86. The number of ether oxygens (including phenoxy) is 1. The summed E-state index contributed by atoms with van der Waals surface area (Å²) >= 11 is 3.00. The van der Waals surface area contributed by atoms with Gasteiger partial charge in [0.1, 0.15) is 10.6 Å². The first-order valence-corrected chi connectivity index (χ1v) is 13.4. The molecule has 1 saturated carbocycles. The van der Waals surface area contributed by atoms with Crippen LogP contribution in [0, 0.1) is 0 Å².